The summed E-state index contributed by atoms with van der Waals surface area (Å²) in [6, 6.07) is 13.7. The predicted octanol–water partition coefficient (Wildman–Crippen LogP) is 2.57. The first-order valence-electron chi connectivity index (χ1n) is 9.07. The number of carbonyl (C=O) groups is 3. The minimum atomic E-state index is -1.08. The monoisotopic (exact) mass is 418 g/mol. The van der Waals surface area contributed by atoms with Crippen LogP contribution >= 0.6 is 11.6 Å². The molecule has 0 saturated carbocycles. The second-order valence-corrected chi connectivity index (χ2v) is 7.15. The Morgan fingerprint density at radius 1 is 1.00 bits per heavy atom. The Morgan fingerprint density at radius 2 is 1.69 bits per heavy atom. The quantitative estimate of drug-likeness (QED) is 0.471. The Balaban J connectivity index is 2.04. The largest absolute Gasteiger partial charge is 0.481 e. The number of nitrogens with one attached hydrogen (secondary N) is 2. The van der Waals surface area contributed by atoms with Gasteiger partial charge in [0.1, 0.15) is 0 Å². The van der Waals surface area contributed by atoms with Gasteiger partial charge in [-0.3, -0.25) is 19.7 Å². The van der Waals surface area contributed by atoms with Crippen molar-refractivity contribution in [3.8, 4) is 11.1 Å². The molecule has 0 radical (unpaired) electrons. The first-order valence-corrected chi connectivity index (χ1v) is 9.44. The highest BCUT2D eigenvalue weighted by Gasteiger charge is 2.20. The third-order valence-electron chi connectivity index (χ3n) is 4.31. The summed E-state index contributed by atoms with van der Waals surface area (Å²) in [4.78, 5) is 34.0. The summed E-state index contributed by atoms with van der Waals surface area (Å²) in [6.45, 7) is 1.17. The molecule has 2 rings (SSSR count). The Bertz CT molecular complexity index is 870. The maximum Gasteiger partial charge on any atom is 0.317 e. The van der Waals surface area contributed by atoms with Crippen LogP contribution in [0.25, 0.3) is 11.1 Å². The average molecular weight is 419 g/mol. The molecule has 0 spiro atoms. The van der Waals surface area contributed by atoms with Gasteiger partial charge in [-0.25, -0.2) is 0 Å². The second kappa shape index (κ2) is 10.6. The fraction of sp³-hybridized carbons (Fsp3) is 0.286. The molecule has 0 fully saturated rings. The molecule has 4 N–H and O–H groups in total. The van der Waals surface area contributed by atoms with E-state index in [-0.39, 0.29) is 13.0 Å². The first-order chi connectivity index (χ1) is 13.7. The normalized spacial score (nSPS) is 12.8. The van der Waals surface area contributed by atoms with Crippen molar-refractivity contribution in [2.45, 2.75) is 31.8 Å². The van der Waals surface area contributed by atoms with Crippen LogP contribution in [0, 0.1) is 0 Å². The molecule has 8 heteroatoms. The van der Waals surface area contributed by atoms with E-state index in [9.17, 15) is 14.4 Å². The van der Waals surface area contributed by atoms with E-state index in [2.05, 4.69) is 10.6 Å². The molecule has 2 aromatic rings. The highest BCUT2D eigenvalue weighted by atomic mass is 35.5. The Kier molecular flexibility index (Phi) is 8.18. The first kappa shape index (κ1) is 22.4. The van der Waals surface area contributed by atoms with E-state index in [1.807, 2.05) is 42.5 Å². The fourth-order valence-corrected chi connectivity index (χ4v) is 3.02. The van der Waals surface area contributed by atoms with E-state index in [0.717, 1.165) is 16.7 Å². The van der Waals surface area contributed by atoms with Gasteiger partial charge in [0.2, 0.25) is 5.91 Å². The van der Waals surface area contributed by atoms with Crippen LogP contribution in [-0.2, 0) is 20.8 Å². The lowest BCUT2D eigenvalue weighted by Gasteiger charge is -2.20. The van der Waals surface area contributed by atoms with Crippen molar-refractivity contribution in [3.63, 3.8) is 0 Å². The van der Waals surface area contributed by atoms with Gasteiger partial charge in [-0.1, -0.05) is 48.0 Å². The molecule has 0 saturated heterocycles. The van der Waals surface area contributed by atoms with Crippen molar-refractivity contribution < 1.29 is 24.6 Å². The van der Waals surface area contributed by atoms with Crippen molar-refractivity contribution in [1.82, 2.24) is 10.6 Å². The highest BCUT2D eigenvalue weighted by Crippen LogP contribution is 2.23. The third kappa shape index (κ3) is 7.56. The number of carboxylic acid groups (broad SMARTS) is 2. The summed E-state index contributed by atoms with van der Waals surface area (Å²) in [5.41, 5.74) is 2.81. The standard InChI is InChI=1S/C21H23ClN2O5/c1-13(23-12-20(27)28)21(29)24-18(11-19(25)26)9-14-5-7-15(8-6-14)16-3-2-4-17(22)10-16/h2-8,10,13,18,23H,9,11-12H2,1H3,(H,24,29)(H,25,26)(H,27,28)/t13-,18+/m0/s1. The molecule has 1 amide bonds. The van der Waals surface area contributed by atoms with Crippen molar-refractivity contribution >= 4 is 29.4 Å². The van der Waals surface area contributed by atoms with E-state index >= 15 is 0 Å². The zero-order valence-electron chi connectivity index (χ0n) is 15.9. The zero-order chi connectivity index (χ0) is 21.4. The molecule has 2 aromatic carbocycles. The lowest BCUT2D eigenvalue weighted by molar-refractivity contribution is -0.138. The predicted molar refractivity (Wildman–Crippen MR) is 110 cm³/mol. The SMILES string of the molecule is C[C@H](NCC(=O)O)C(=O)N[C@@H](CC(=O)O)Cc1ccc(-c2cccc(Cl)c2)cc1. The molecular weight excluding hydrogens is 396 g/mol. The van der Waals surface area contributed by atoms with Gasteiger partial charge in [-0.05, 0) is 42.2 Å². The van der Waals surface area contributed by atoms with E-state index < -0.39 is 29.9 Å². The van der Waals surface area contributed by atoms with Crippen LogP contribution in [0.15, 0.2) is 48.5 Å². The van der Waals surface area contributed by atoms with Crippen molar-refractivity contribution in [2.24, 2.45) is 0 Å². The zero-order valence-corrected chi connectivity index (χ0v) is 16.6. The van der Waals surface area contributed by atoms with Crippen LogP contribution in [-0.4, -0.2) is 46.7 Å². The van der Waals surface area contributed by atoms with Gasteiger partial charge in [0.25, 0.3) is 0 Å². The number of carbonyl (C=O) groups excluding carboxylic acids is 1. The molecule has 0 aliphatic rings. The average Bonchev–Trinajstić information content (AvgIpc) is 2.66. The summed E-state index contributed by atoms with van der Waals surface area (Å²) >= 11 is 6.02. The number of aliphatic carboxylic acids is 2. The van der Waals surface area contributed by atoms with Crippen LogP contribution in [0.1, 0.15) is 18.9 Å². The van der Waals surface area contributed by atoms with E-state index in [0.29, 0.717) is 11.4 Å². The third-order valence-corrected chi connectivity index (χ3v) is 4.55. The summed E-state index contributed by atoms with van der Waals surface area (Å²) in [7, 11) is 0. The number of halogens is 1. The van der Waals surface area contributed by atoms with E-state index in [1.165, 1.54) is 6.92 Å². The van der Waals surface area contributed by atoms with E-state index in [1.54, 1.807) is 6.07 Å². The Hall–Kier alpha value is -2.90. The van der Waals surface area contributed by atoms with Crippen molar-refractivity contribution in [1.29, 1.82) is 0 Å². The van der Waals surface area contributed by atoms with Crippen LogP contribution in [0.2, 0.25) is 5.02 Å². The molecule has 7 nitrogen and oxygen atoms in total. The van der Waals surface area contributed by atoms with Gasteiger partial charge >= 0.3 is 11.9 Å². The van der Waals surface area contributed by atoms with E-state index in [4.69, 9.17) is 21.8 Å². The summed E-state index contributed by atoms with van der Waals surface area (Å²) in [5.74, 6) is -2.56. The maximum absolute atomic E-state index is 12.2. The topological polar surface area (TPSA) is 116 Å². The lowest BCUT2D eigenvalue weighted by atomic mass is 9.99. The molecule has 0 aliphatic heterocycles. The molecule has 0 heterocycles. The summed E-state index contributed by atoms with van der Waals surface area (Å²) < 4.78 is 0. The van der Waals surface area contributed by atoms with Crippen molar-refractivity contribution in [3.05, 3.63) is 59.1 Å². The molecule has 0 unspecified atom stereocenters. The van der Waals surface area contributed by atoms with Gasteiger partial charge in [0.15, 0.2) is 0 Å². The molecular formula is C21H23ClN2O5. The highest BCUT2D eigenvalue weighted by molar-refractivity contribution is 6.30. The van der Waals surface area contributed by atoms with Gasteiger partial charge < -0.3 is 15.5 Å². The number of carboxylic acids is 2. The van der Waals surface area contributed by atoms with Crippen LogP contribution in [0.5, 0.6) is 0 Å². The molecule has 29 heavy (non-hydrogen) atoms. The van der Waals surface area contributed by atoms with Crippen LogP contribution in [0.3, 0.4) is 0 Å². The number of rotatable bonds is 10. The molecule has 154 valence electrons. The Labute approximate surface area is 173 Å². The van der Waals surface area contributed by atoms with Gasteiger partial charge in [-0.2, -0.15) is 0 Å². The molecule has 0 aliphatic carbocycles. The number of benzene rings is 2. The van der Waals surface area contributed by atoms with Gasteiger partial charge in [0.05, 0.1) is 19.0 Å². The van der Waals surface area contributed by atoms with Gasteiger partial charge in [0, 0.05) is 11.1 Å². The van der Waals surface area contributed by atoms with Gasteiger partial charge in [-0.15, -0.1) is 0 Å². The molecule has 0 aromatic heterocycles. The number of amides is 1. The number of hydrogen-bond donors (Lipinski definition) is 4. The van der Waals surface area contributed by atoms with Crippen LogP contribution in [0.4, 0.5) is 0 Å². The minimum absolute atomic E-state index is 0.243. The Morgan fingerprint density at radius 3 is 2.28 bits per heavy atom. The molecule has 0 bridgehead atoms. The smallest absolute Gasteiger partial charge is 0.317 e. The maximum atomic E-state index is 12.2. The number of hydrogen-bond acceptors (Lipinski definition) is 4. The second-order valence-electron chi connectivity index (χ2n) is 6.71. The van der Waals surface area contributed by atoms with Crippen LogP contribution < -0.4 is 10.6 Å². The summed E-state index contributed by atoms with van der Waals surface area (Å²) in [6.07, 6.45) is 0.0902. The minimum Gasteiger partial charge on any atom is -0.481 e. The fourth-order valence-electron chi connectivity index (χ4n) is 2.83. The van der Waals surface area contributed by atoms with Crippen molar-refractivity contribution in [2.75, 3.05) is 6.54 Å². The molecule has 2 atom stereocenters. The summed E-state index contributed by atoms with van der Waals surface area (Å²) in [5, 5.41) is 23.7. The lowest BCUT2D eigenvalue weighted by Crippen LogP contribution is -2.48.